The number of rotatable bonds is 5. The number of furan rings is 1. The molecular formula is C44H39NO. The summed E-state index contributed by atoms with van der Waals surface area (Å²) in [7, 11) is 0. The third kappa shape index (κ3) is 4.55. The average molecular weight is 598 g/mol. The summed E-state index contributed by atoms with van der Waals surface area (Å²) in [5, 5.41) is 4.91. The first-order chi connectivity index (χ1) is 22.2. The summed E-state index contributed by atoms with van der Waals surface area (Å²) < 4.78 is 9.31. The maximum absolute atomic E-state index is 6.83. The summed E-state index contributed by atoms with van der Waals surface area (Å²) >= 11 is 0. The van der Waals surface area contributed by atoms with Crippen molar-refractivity contribution in [3.8, 4) is 16.8 Å². The first-order valence-corrected chi connectivity index (χ1v) is 16.3. The molecule has 2 heterocycles. The molecule has 6 aromatic carbocycles. The number of hydrogen-bond donors (Lipinski definition) is 0. The third-order valence-corrected chi connectivity index (χ3v) is 9.68. The van der Waals surface area contributed by atoms with Crippen LogP contribution in [0.3, 0.4) is 0 Å². The lowest BCUT2D eigenvalue weighted by molar-refractivity contribution is 0.514. The van der Waals surface area contributed by atoms with E-state index in [0.717, 1.165) is 28.5 Å². The Labute approximate surface area is 270 Å². The van der Waals surface area contributed by atoms with Crippen molar-refractivity contribution in [3.63, 3.8) is 0 Å². The Kier molecular flexibility index (Phi) is 6.48. The van der Waals surface area contributed by atoms with E-state index in [-0.39, 0.29) is 10.8 Å². The average Bonchev–Trinajstić information content (AvgIpc) is 3.60. The van der Waals surface area contributed by atoms with E-state index in [2.05, 4.69) is 173 Å². The molecule has 0 aliphatic rings. The zero-order valence-corrected chi connectivity index (χ0v) is 27.3. The molecule has 226 valence electrons. The van der Waals surface area contributed by atoms with E-state index < -0.39 is 0 Å². The molecule has 0 amide bonds. The van der Waals surface area contributed by atoms with E-state index in [1.54, 1.807) is 0 Å². The van der Waals surface area contributed by atoms with Crippen molar-refractivity contribution in [2.24, 2.45) is 0 Å². The largest absolute Gasteiger partial charge is 0.455 e. The van der Waals surface area contributed by atoms with E-state index >= 15 is 0 Å². The topological polar surface area (TPSA) is 18.1 Å². The number of nitrogens with zero attached hydrogens (tertiary/aromatic N) is 1. The summed E-state index contributed by atoms with van der Waals surface area (Å²) in [6.45, 7) is 11.6. The fraction of sp³-hybridized carbons (Fsp3) is 0.182. The second-order valence-corrected chi connectivity index (χ2v) is 14.4. The lowest BCUT2D eigenvalue weighted by Crippen LogP contribution is -2.22. The monoisotopic (exact) mass is 597 g/mol. The first kappa shape index (κ1) is 28.4. The molecule has 0 spiro atoms. The van der Waals surface area contributed by atoms with Crippen molar-refractivity contribution in [1.29, 1.82) is 0 Å². The molecule has 0 fully saturated rings. The second kappa shape index (κ2) is 10.5. The molecule has 0 saturated carbocycles. The van der Waals surface area contributed by atoms with Gasteiger partial charge in [-0.2, -0.15) is 0 Å². The smallest absolute Gasteiger partial charge is 0.143 e. The Bertz CT molecular complexity index is 2340. The highest BCUT2D eigenvalue weighted by molar-refractivity contribution is 6.11. The molecule has 0 radical (unpaired) electrons. The predicted molar refractivity (Wildman–Crippen MR) is 195 cm³/mol. The van der Waals surface area contributed by atoms with Crippen LogP contribution < -0.4 is 0 Å². The van der Waals surface area contributed by atoms with Crippen molar-refractivity contribution in [2.45, 2.75) is 51.9 Å². The lowest BCUT2D eigenvalue weighted by Gasteiger charge is -2.28. The van der Waals surface area contributed by atoms with E-state index in [4.69, 9.17) is 4.42 Å². The van der Waals surface area contributed by atoms with Gasteiger partial charge < -0.3 is 8.98 Å². The van der Waals surface area contributed by atoms with Gasteiger partial charge in [-0.05, 0) is 52.1 Å². The molecule has 0 bridgehead atoms. The van der Waals surface area contributed by atoms with Gasteiger partial charge in [-0.3, -0.25) is 0 Å². The number of fused-ring (bicyclic) bond motifs is 6. The van der Waals surface area contributed by atoms with Crippen LogP contribution in [0.4, 0.5) is 0 Å². The molecule has 0 unspecified atom stereocenters. The number of benzene rings is 6. The van der Waals surface area contributed by atoms with Crippen LogP contribution in [0.2, 0.25) is 0 Å². The Balaban J connectivity index is 1.28. The van der Waals surface area contributed by atoms with Gasteiger partial charge in [0.2, 0.25) is 0 Å². The molecule has 0 aliphatic heterocycles. The van der Waals surface area contributed by atoms with Crippen molar-refractivity contribution in [3.05, 3.63) is 150 Å². The Hall–Kier alpha value is -5.08. The number of aromatic nitrogens is 1. The molecular weight excluding hydrogens is 558 g/mol. The quantitative estimate of drug-likeness (QED) is 0.193. The van der Waals surface area contributed by atoms with Gasteiger partial charge in [-0.1, -0.05) is 150 Å². The molecule has 0 N–H and O–H groups in total. The van der Waals surface area contributed by atoms with Crippen molar-refractivity contribution >= 4 is 43.7 Å². The molecule has 0 saturated heterocycles. The summed E-state index contributed by atoms with van der Waals surface area (Å²) in [4.78, 5) is 0. The van der Waals surface area contributed by atoms with Gasteiger partial charge >= 0.3 is 0 Å². The summed E-state index contributed by atoms with van der Waals surface area (Å²) in [6, 6.07) is 48.4. The normalized spacial score (nSPS) is 12.5. The molecule has 8 rings (SSSR count). The Morgan fingerprint density at radius 3 is 1.78 bits per heavy atom. The highest BCUT2D eigenvalue weighted by Crippen LogP contribution is 2.42. The van der Waals surface area contributed by atoms with Crippen LogP contribution in [0.1, 0.15) is 51.3 Å². The molecule has 0 aliphatic carbocycles. The highest BCUT2D eigenvalue weighted by Gasteiger charge is 2.28. The van der Waals surface area contributed by atoms with Gasteiger partial charge in [0.25, 0.3) is 0 Å². The standard InChI is InChI=1S/C44H39NO/c1-43(2,3)36-26-25-29(27-40(36)45-38-23-11-9-17-32(38)33-18-10-12-24-39(33)45)28-44(4,5)37-22-14-21-35-34-20-13-19-31(41(34)46-42(35)37)30-15-7-6-8-16-30/h6-27H,28H2,1-5H3. The van der Waals surface area contributed by atoms with Crippen LogP contribution in [0.25, 0.3) is 60.6 Å². The third-order valence-electron chi connectivity index (χ3n) is 9.68. The Morgan fingerprint density at radius 2 is 1.11 bits per heavy atom. The fourth-order valence-corrected chi connectivity index (χ4v) is 7.49. The maximum atomic E-state index is 6.83. The summed E-state index contributed by atoms with van der Waals surface area (Å²) in [5.74, 6) is 0. The second-order valence-electron chi connectivity index (χ2n) is 14.4. The van der Waals surface area contributed by atoms with Crippen molar-refractivity contribution in [2.75, 3.05) is 0 Å². The molecule has 2 heteroatoms. The maximum Gasteiger partial charge on any atom is 0.143 e. The highest BCUT2D eigenvalue weighted by atomic mass is 16.3. The van der Waals surface area contributed by atoms with Crippen LogP contribution in [0, 0.1) is 0 Å². The molecule has 46 heavy (non-hydrogen) atoms. The van der Waals surface area contributed by atoms with Crippen LogP contribution >= 0.6 is 0 Å². The van der Waals surface area contributed by atoms with Crippen LogP contribution in [0.15, 0.2) is 138 Å². The van der Waals surface area contributed by atoms with E-state index in [1.165, 1.54) is 55.1 Å². The molecule has 2 nitrogen and oxygen atoms in total. The fourth-order valence-electron chi connectivity index (χ4n) is 7.49. The number of para-hydroxylation sites is 4. The van der Waals surface area contributed by atoms with Gasteiger partial charge in [0.05, 0.1) is 16.7 Å². The van der Waals surface area contributed by atoms with Gasteiger partial charge in [0.15, 0.2) is 0 Å². The van der Waals surface area contributed by atoms with Crippen LogP contribution in [-0.4, -0.2) is 4.57 Å². The van der Waals surface area contributed by atoms with Crippen LogP contribution in [0.5, 0.6) is 0 Å². The molecule has 2 aromatic heterocycles. The zero-order valence-electron chi connectivity index (χ0n) is 27.3. The molecule has 0 atom stereocenters. The van der Waals surface area contributed by atoms with E-state index in [0.29, 0.717) is 0 Å². The summed E-state index contributed by atoms with van der Waals surface area (Å²) in [5.41, 5.74) is 11.7. The van der Waals surface area contributed by atoms with Gasteiger partial charge in [0.1, 0.15) is 11.2 Å². The van der Waals surface area contributed by atoms with Gasteiger partial charge in [0, 0.05) is 32.7 Å². The minimum Gasteiger partial charge on any atom is -0.455 e. The van der Waals surface area contributed by atoms with E-state index in [1.807, 2.05) is 0 Å². The first-order valence-electron chi connectivity index (χ1n) is 16.3. The van der Waals surface area contributed by atoms with Crippen molar-refractivity contribution in [1.82, 2.24) is 4.57 Å². The van der Waals surface area contributed by atoms with Gasteiger partial charge in [-0.15, -0.1) is 0 Å². The molecule has 8 aromatic rings. The predicted octanol–water partition coefficient (Wildman–Crippen LogP) is 12.2. The number of hydrogen-bond acceptors (Lipinski definition) is 1. The van der Waals surface area contributed by atoms with Gasteiger partial charge in [-0.25, -0.2) is 0 Å². The SMILES string of the molecule is CC(C)(C)c1ccc(CC(C)(C)c2cccc3c2oc2c(-c4ccccc4)cccc23)cc1-n1c2ccccc2c2ccccc21. The minimum atomic E-state index is -0.179. The summed E-state index contributed by atoms with van der Waals surface area (Å²) in [6.07, 6.45) is 0.878. The van der Waals surface area contributed by atoms with Crippen LogP contribution in [-0.2, 0) is 17.3 Å². The minimum absolute atomic E-state index is 0.0216. The van der Waals surface area contributed by atoms with Crippen molar-refractivity contribution < 1.29 is 4.42 Å². The van der Waals surface area contributed by atoms with E-state index in [9.17, 15) is 0 Å². The lowest BCUT2D eigenvalue weighted by atomic mass is 9.77. The zero-order chi connectivity index (χ0) is 31.6. The Morgan fingerprint density at radius 1 is 0.522 bits per heavy atom.